The average molecular weight is 289 g/mol. The molecule has 0 aromatic rings. The minimum Gasteiger partial charge on any atom is -0.479 e. The summed E-state index contributed by atoms with van der Waals surface area (Å²) in [5, 5.41) is 9.42. The van der Waals surface area contributed by atoms with Crippen molar-refractivity contribution in [3.05, 3.63) is 0 Å². The van der Waals surface area contributed by atoms with E-state index >= 15 is 0 Å². The van der Waals surface area contributed by atoms with Crippen LogP contribution < -0.4 is 0 Å². The van der Waals surface area contributed by atoms with Gasteiger partial charge in [0.05, 0.1) is 17.4 Å². The van der Waals surface area contributed by atoms with Gasteiger partial charge >= 0.3 is 5.97 Å². The van der Waals surface area contributed by atoms with Crippen LogP contribution in [0.1, 0.15) is 32.6 Å². The zero-order valence-electron chi connectivity index (χ0n) is 11.0. The third kappa shape index (κ3) is 2.35. The quantitative estimate of drug-likeness (QED) is 0.805. The van der Waals surface area contributed by atoms with Gasteiger partial charge in [0.25, 0.3) is 0 Å². The lowest BCUT2D eigenvalue weighted by Gasteiger charge is -2.35. The standard InChI is InChI=1S/C12H19NO5S/c1-2-12(11(15)16)5-3-6-13(12)10(14)9-4-7-19(17,18)8-9/h9H,2-8H2,1H3,(H,15,16). The van der Waals surface area contributed by atoms with E-state index in [1.54, 1.807) is 6.92 Å². The summed E-state index contributed by atoms with van der Waals surface area (Å²) in [6.45, 7) is 2.17. The number of nitrogens with zero attached hydrogens (tertiary/aromatic N) is 1. The Morgan fingerprint density at radius 3 is 2.58 bits per heavy atom. The molecule has 0 spiro atoms. The zero-order chi connectivity index (χ0) is 14.3. The molecular weight excluding hydrogens is 270 g/mol. The second-order valence-corrected chi connectivity index (χ2v) is 7.61. The molecule has 2 rings (SSSR count). The predicted molar refractivity (Wildman–Crippen MR) is 68.4 cm³/mol. The first kappa shape index (κ1) is 14.3. The fourth-order valence-corrected chi connectivity index (χ4v) is 4.88. The van der Waals surface area contributed by atoms with E-state index in [4.69, 9.17) is 0 Å². The smallest absolute Gasteiger partial charge is 0.329 e. The van der Waals surface area contributed by atoms with Crippen LogP contribution in [0.5, 0.6) is 0 Å². The van der Waals surface area contributed by atoms with Gasteiger partial charge in [0.15, 0.2) is 9.84 Å². The van der Waals surface area contributed by atoms with E-state index in [0.29, 0.717) is 32.2 Å². The Kier molecular flexibility index (Phi) is 3.59. The van der Waals surface area contributed by atoms with Crippen LogP contribution in [-0.2, 0) is 19.4 Å². The molecule has 2 heterocycles. The number of carboxylic acids is 1. The number of sulfone groups is 1. The molecule has 2 aliphatic heterocycles. The van der Waals surface area contributed by atoms with Crippen LogP contribution >= 0.6 is 0 Å². The molecule has 0 radical (unpaired) electrons. The number of carboxylic acid groups (broad SMARTS) is 1. The van der Waals surface area contributed by atoms with Crippen LogP contribution in [0.25, 0.3) is 0 Å². The highest BCUT2D eigenvalue weighted by molar-refractivity contribution is 7.91. The topological polar surface area (TPSA) is 91.8 Å². The fraction of sp³-hybridized carbons (Fsp3) is 0.833. The van der Waals surface area contributed by atoms with E-state index in [2.05, 4.69) is 0 Å². The van der Waals surface area contributed by atoms with E-state index < -0.39 is 27.3 Å². The second-order valence-electron chi connectivity index (χ2n) is 5.38. The Bertz CT molecular complexity index is 500. The van der Waals surface area contributed by atoms with Crippen LogP contribution in [-0.4, -0.2) is 53.9 Å². The summed E-state index contributed by atoms with van der Waals surface area (Å²) in [4.78, 5) is 25.3. The molecule has 6 nitrogen and oxygen atoms in total. The maximum atomic E-state index is 12.4. The Morgan fingerprint density at radius 1 is 1.42 bits per heavy atom. The summed E-state index contributed by atoms with van der Waals surface area (Å²) in [7, 11) is -3.13. The number of aliphatic carboxylic acids is 1. The lowest BCUT2D eigenvalue weighted by molar-refractivity contribution is -0.158. The number of likely N-dealkylation sites (tertiary alicyclic amines) is 1. The molecule has 1 N–H and O–H groups in total. The highest BCUT2D eigenvalue weighted by Gasteiger charge is 2.50. The van der Waals surface area contributed by atoms with Crippen LogP contribution in [0.2, 0.25) is 0 Å². The van der Waals surface area contributed by atoms with Gasteiger partial charge in [-0.2, -0.15) is 0 Å². The maximum absolute atomic E-state index is 12.4. The minimum atomic E-state index is -3.13. The molecule has 0 bridgehead atoms. The predicted octanol–water partition coefficient (Wildman–Crippen LogP) is 0.277. The van der Waals surface area contributed by atoms with Gasteiger partial charge in [-0.1, -0.05) is 6.92 Å². The molecule has 0 saturated carbocycles. The molecule has 1 amide bonds. The molecule has 0 aromatic carbocycles. The molecule has 2 atom stereocenters. The zero-order valence-corrected chi connectivity index (χ0v) is 11.8. The number of carbonyl (C=O) groups is 2. The summed E-state index contributed by atoms with van der Waals surface area (Å²) in [5.41, 5.74) is -1.14. The van der Waals surface area contributed by atoms with Crippen LogP contribution in [0.15, 0.2) is 0 Å². The summed E-state index contributed by atoms with van der Waals surface area (Å²) in [6, 6.07) is 0. The van der Waals surface area contributed by atoms with E-state index in [1.165, 1.54) is 4.90 Å². The third-order valence-electron chi connectivity index (χ3n) is 4.32. The van der Waals surface area contributed by atoms with E-state index in [9.17, 15) is 23.1 Å². The number of rotatable bonds is 3. The van der Waals surface area contributed by atoms with Gasteiger partial charge in [0, 0.05) is 6.54 Å². The van der Waals surface area contributed by atoms with Crippen LogP contribution in [0, 0.1) is 5.92 Å². The van der Waals surface area contributed by atoms with Crippen molar-refractivity contribution in [2.24, 2.45) is 5.92 Å². The summed E-state index contributed by atoms with van der Waals surface area (Å²) < 4.78 is 22.9. The minimum absolute atomic E-state index is 0.0312. The highest BCUT2D eigenvalue weighted by Crippen LogP contribution is 2.35. The number of amides is 1. The van der Waals surface area contributed by atoms with Crippen molar-refractivity contribution >= 4 is 21.7 Å². The molecule has 0 aromatic heterocycles. The van der Waals surface area contributed by atoms with Crippen molar-refractivity contribution in [2.45, 2.75) is 38.1 Å². The van der Waals surface area contributed by atoms with Crippen molar-refractivity contribution in [1.29, 1.82) is 0 Å². The molecule has 2 saturated heterocycles. The van der Waals surface area contributed by atoms with Gasteiger partial charge in [-0.05, 0) is 25.7 Å². The monoisotopic (exact) mass is 289 g/mol. The fourth-order valence-electron chi connectivity index (χ4n) is 3.15. The van der Waals surface area contributed by atoms with E-state index in [1.807, 2.05) is 0 Å². The Morgan fingerprint density at radius 2 is 2.11 bits per heavy atom. The van der Waals surface area contributed by atoms with Gasteiger partial charge in [0.2, 0.25) is 5.91 Å². The molecule has 2 fully saturated rings. The lowest BCUT2D eigenvalue weighted by atomic mass is 9.92. The molecule has 0 aliphatic carbocycles. The Labute approximate surface area is 112 Å². The molecule has 19 heavy (non-hydrogen) atoms. The van der Waals surface area contributed by atoms with Crippen molar-refractivity contribution in [2.75, 3.05) is 18.1 Å². The van der Waals surface area contributed by atoms with Gasteiger partial charge in [-0.15, -0.1) is 0 Å². The van der Waals surface area contributed by atoms with Crippen molar-refractivity contribution in [3.63, 3.8) is 0 Å². The molecule has 2 aliphatic rings. The second kappa shape index (κ2) is 4.77. The lowest BCUT2D eigenvalue weighted by Crippen LogP contribution is -2.54. The Balaban J connectivity index is 2.21. The van der Waals surface area contributed by atoms with Crippen LogP contribution in [0.4, 0.5) is 0 Å². The number of carbonyl (C=O) groups excluding carboxylic acids is 1. The van der Waals surface area contributed by atoms with Crippen LogP contribution in [0.3, 0.4) is 0 Å². The molecule has 108 valence electrons. The van der Waals surface area contributed by atoms with Gasteiger partial charge < -0.3 is 10.0 Å². The summed E-state index contributed by atoms with van der Waals surface area (Å²) >= 11 is 0. The van der Waals surface area contributed by atoms with Crippen molar-refractivity contribution in [1.82, 2.24) is 4.90 Å². The third-order valence-corrected chi connectivity index (χ3v) is 6.09. The first-order chi connectivity index (χ1) is 8.82. The molecule has 7 heteroatoms. The van der Waals surface area contributed by atoms with E-state index in [0.717, 1.165) is 0 Å². The average Bonchev–Trinajstić information content (AvgIpc) is 2.92. The Hall–Kier alpha value is -1.11. The largest absolute Gasteiger partial charge is 0.479 e. The van der Waals surface area contributed by atoms with Gasteiger partial charge in [-0.3, -0.25) is 4.79 Å². The van der Waals surface area contributed by atoms with Gasteiger partial charge in [-0.25, -0.2) is 13.2 Å². The molecular formula is C12H19NO5S. The number of hydrogen-bond acceptors (Lipinski definition) is 4. The van der Waals surface area contributed by atoms with Gasteiger partial charge in [0.1, 0.15) is 5.54 Å². The normalized spacial score (nSPS) is 33.5. The SMILES string of the molecule is CCC1(C(=O)O)CCCN1C(=O)C1CCS(=O)(=O)C1. The maximum Gasteiger partial charge on any atom is 0.329 e. The first-order valence-electron chi connectivity index (χ1n) is 6.58. The van der Waals surface area contributed by atoms with E-state index in [-0.39, 0.29) is 17.4 Å². The summed E-state index contributed by atoms with van der Waals surface area (Å²) in [6.07, 6.45) is 1.78. The molecule has 2 unspecified atom stereocenters. The number of hydrogen-bond donors (Lipinski definition) is 1. The van der Waals surface area contributed by atoms with Crippen molar-refractivity contribution < 1.29 is 23.1 Å². The highest BCUT2D eigenvalue weighted by atomic mass is 32.2. The first-order valence-corrected chi connectivity index (χ1v) is 8.40. The van der Waals surface area contributed by atoms with Crippen molar-refractivity contribution in [3.8, 4) is 0 Å². The summed E-state index contributed by atoms with van der Waals surface area (Å²) in [5.74, 6) is -1.96.